The Morgan fingerprint density at radius 2 is 2.13 bits per heavy atom. The standard InChI is InChI=1S/C14H18N4O5/c1-4-9(2)16-13(19)14(20)17-15-8-10-5-6-12(23-3)11(7-10)18(21)22/h5-9H,4H2,1-3H3,(H,16,19)(H,17,20)/b15-8-/t9-/m0/s1. The van der Waals surface area contributed by atoms with Crippen molar-refractivity contribution in [2.45, 2.75) is 26.3 Å². The SMILES string of the molecule is CC[C@H](C)NC(=O)C(=O)N/N=C\c1ccc(OC)c([N+](=O)[O-])c1. The zero-order chi connectivity index (χ0) is 17.4. The average molecular weight is 322 g/mol. The summed E-state index contributed by atoms with van der Waals surface area (Å²) in [6.07, 6.45) is 1.89. The molecule has 9 nitrogen and oxygen atoms in total. The molecule has 2 amide bonds. The molecule has 0 spiro atoms. The van der Waals surface area contributed by atoms with Gasteiger partial charge in [-0.05, 0) is 25.5 Å². The maximum atomic E-state index is 11.5. The van der Waals surface area contributed by atoms with Crippen molar-refractivity contribution in [2.75, 3.05) is 7.11 Å². The molecule has 1 rings (SSSR count). The minimum absolute atomic E-state index is 0.115. The lowest BCUT2D eigenvalue weighted by molar-refractivity contribution is -0.385. The zero-order valence-corrected chi connectivity index (χ0v) is 13.0. The van der Waals surface area contributed by atoms with Crippen molar-refractivity contribution in [3.8, 4) is 5.75 Å². The van der Waals surface area contributed by atoms with Gasteiger partial charge < -0.3 is 10.1 Å². The van der Waals surface area contributed by atoms with Gasteiger partial charge in [0.1, 0.15) is 0 Å². The summed E-state index contributed by atoms with van der Waals surface area (Å²) in [6.45, 7) is 3.64. The van der Waals surface area contributed by atoms with E-state index in [9.17, 15) is 19.7 Å². The lowest BCUT2D eigenvalue weighted by Gasteiger charge is -2.09. The van der Waals surface area contributed by atoms with Gasteiger partial charge in [0.25, 0.3) is 0 Å². The largest absolute Gasteiger partial charge is 0.490 e. The number of rotatable bonds is 6. The summed E-state index contributed by atoms with van der Waals surface area (Å²) in [5.74, 6) is -1.59. The van der Waals surface area contributed by atoms with Crippen LogP contribution in [0.25, 0.3) is 0 Å². The summed E-state index contributed by atoms with van der Waals surface area (Å²) in [4.78, 5) is 33.3. The highest BCUT2D eigenvalue weighted by Gasteiger charge is 2.15. The number of benzene rings is 1. The van der Waals surface area contributed by atoms with E-state index >= 15 is 0 Å². The lowest BCUT2D eigenvalue weighted by Crippen LogP contribution is -2.41. The smallest absolute Gasteiger partial charge is 0.329 e. The van der Waals surface area contributed by atoms with E-state index in [1.165, 1.54) is 31.5 Å². The van der Waals surface area contributed by atoms with Gasteiger partial charge in [-0.2, -0.15) is 5.10 Å². The van der Waals surface area contributed by atoms with E-state index in [1.807, 2.05) is 6.92 Å². The molecule has 0 aromatic heterocycles. The number of methoxy groups -OCH3 is 1. The molecule has 0 aliphatic heterocycles. The molecule has 0 unspecified atom stereocenters. The Bertz CT molecular complexity index is 630. The summed E-state index contributed by atoms with van der Waals surface area (Å²) in [6, 6.07) is 4.06. The third-order valence-electron chi connectivity index (χ3n) is 2.98. The van der Waals surface area contributed by atoms with E-state index in [4.69, 9.17) is 4.74 Å². The van der Waals surface area contributed by atoms with Crippen LogP contribution in [0.2, 0.25) is 0 Å². The first-order valence-electron chi connectivity index (χ1n) is 6.85. The number of nitrogens with zero attached hydrogens (tertiary/aromatic N) is 2. The maximum absolute atomic E-state index is 11.5. The third kappa shape index (κ3) is 5.38. The Balaban J connectivity index is 2.71. The Morgan fingerprint density at radius 3 is 2.70 bits per heavy atom. The van der Waals surface area contributed by atoms with Crippen molar-refractivity contribution in [1.82, 2.24) is 10.7 Å². The normalized spacial score (nSPS) is 11.8. The summed E-state index contributed by atoms with van der Waals surface area (Å²) in [7, 11) is 1.33. The van der Waals surface area contributed by atoms with Crippen molar-refractivity contribution >= 4 is 23.7 Å². The van der Waals surface area contributed by atoms with Gasteiger partial charge in [0, 0.05) is 17.7 Å². The molecule has 124 valence electrons. The number of nitrogens with one attached hydrogen (secondary N) is 2. The van der Waals surface area contributed by atoms with E-state index in [0.29, 0.717) is 12.0 Å². The first kappa shape index (κ1) is 18.1. The van der Waals surface area contributed by atoms with Crippen LogP contribution in [0.3, 0.4) is 0 Å². The summed E-state index contributed by atoms with van der Waals surface area (Å²) >= 11 is 0. The number of hydrogen-bond acceptors (Lipinski definition) is 6. The first-order valence-corrected chi connectivity index (χ1v) is 6.85. The number of amides is 2. The topological polar surface area (TPSA) is 123 Å². The Morgan fingerprint density at radius 1 is 1.43 bits per heavy atom. The van der Waals surface area contributed by atoms with Crippen molar-refractivity contribution in [2.24, 2.45) is 5.10 Å². The fourth-order valence-electron chi connectivity index (χ4n) is 1.54. The van der Waals surface area contributed by atoms with Crippen LogP contribution in [0, 0.1) is 10.1 Å². The van der Waals surface area contributed by atoms with Crippen LogP contribution < -0.4 is 15.5 Å². The van der Waals surface area contributed by atoms with Gasteiger partial charge in [-0.3, -0.25) is 19.7 Å². The third-order valence-corrected chi connectivity index (χ3v) is 2.98. The highest BCUT2D eigenvalue weighted by molar-refractivity contribution is 6.35. The van der Waals surface area contributed by atoms with E-state index < -0.39 is 16.7 Å². The fourth-order valence-corrected chi connectivity index (χ4v) is 1.54. The molecule has 0 saturated heterocycles. The number of ether oxygens (including phenoxy) is 1. The highest BCUT2D eigenvalue weighted by Crippen LogP contribution is 2.26. The van der Waals surface area contributed by atoms with Crippen LogP contribution in [0.4, 0.5) is 5.69 Å². The molecule has 0 bridgehead atoms. The predicted molar refractivity (Wildman–Crippen MR) is 83.3 cm³/mol. The quantitative estimate of drug-likeness (QED) is 0.349. The second-order valence-electron chi connectivity index (χ2n) is 4.67. The monoisotopic (exact) mass is 322 g/mol. The van der Waals surface area contributed by atoms with Crippen molar-refractivity contribution in [1.29, 1.82) is 0 Å². The molecule has 1 atom stereocenters. The van der Waals surface area contributed by atoms with Crippen LogP contribution in [-0.4, -0.2) is 36.1 Å². The second kappa shape index (κ2) is 8.47. The van der Waals surface area contributed by atoms with E-state index in [2.05, 4.69) is 15.8 Å². The number of nitro benzene ring substituents is 1. The molecule has 1 aromatic rings. The number of hydrogen-bond donors (Lipinski definition) is 2. The molecular weight excluding hydrogens is 304 g/mol. The molecule has 23 heavy (non-hydrogen) atoms. The van der Waals surface area contributed by atoms with E-state index in [0.717, 1.165) is 0 Å². The molecule has 1 aromatic carbocycles. The Kier molecular flexibility index (Phi) is 6.66. The molecule has 2 N–H and O–H groups in total. The molecule has 0 aliphatic carbocycles. The fraction of sp³-hybridized carbons (Fsp3) is 0.357. The molecular formula is C14H18N4O5. The minimum Gasteiger partial charge on any atom is -0.490 e. The molecule has 0 fully saturated rings. The van der Waals surface area contributed by atoms with E-state index in [-0.39, 0.29) is 17.5 Å². The van der Waals surface area contributed by atoms with Gasteiger partial charge in [-0.15, -0.1) is 0 Å². The number of hydrazone groups is 1. The number of carbonyl (C=O) groups excluding carboxylic acids is 2. The summed E-state index contributed by atoms with van der Waals surface area (Å²) in [5.41, 5.74) is 2.21. The average Bonchev–Trinajstić information content (AvgIpc) is 2.54. The first-order chi connectivity index (χ1) is 10.9. The summed E-state index contributed by atoms with van der Waals surface area (Å²) in [5, 5.41) is 17.0. The summed E-state index contributed by atoms with van der Waals surface area (Å²) < 4.78 is 4.87. The van der Waals surface area contributed by atoms with Crippen molar-refractivity contribution in [3.05, 3.63) is 33.9 Å². The van der Waals surface area contributed by atoms with E-state index in [1.54, 1.807) is 6.92 Å². The van der Waals surface area contributed by atoms with Gasteiger partial charge in [0.2, 0.25) is 0 Å². The van der Waals surface area contributed by atoms with Crippen LogP contribution in [0.15, 0.2) is 23.3 Å². The Labute approximate surface area is 132 Å². The van der Waals surface area contributed by atoms with Gasteiger partial charge >= 0.3 is 17.5 Å². The Hall–Kier alpha value is -2.97. The zero-order valence-electron chi connectivity index (χ0n) is 13.0. The highest BCUT2D eigenvalue weighted by atomic mass is 16.6. The molecule has 0 saturated carbocycles. The van der Waals surface area contributed by atoms with Gasteiger partial charge in [0.15, 0.2) is 5.75 Å². The van der Waals surface area contributed by atoms with Gasteiger partial charge in [-0.1, -0.05) is 6.92 Å². The number of nitro groups is 1. The van der Waals surface area contributed by atoms with Crippen LogP contribution in [0.1, 0.15) is 25.8 Å². The van der Waals surface area contributed by atoms with Crippen molar-refractivity contribution < 1.29 is 19.2 Å². The van der Waals surface area contributed by atoms with Crippen molar-refractivity contribution in [3.63, 3.8) is 0 Å². The molecule has 0 radical (unpaired) electrons. The van der Waals surface area contributed by atoms with Gasteiger partial charge in [0.05, 0.1) is 18.2 Å². The molecule has 0 aliphatic rings. The molecule has 0 heterocycles. The van der Waals surface area contributed by atoms with Crippen LogP contribution in [0.5, 0.6) is 5.75 Å². The molecule has 9 heteroatoms. The second-order valence-corrected chi connectivity index (χ2v) is 4.67. The predicted octanol–water partition coefficient (Wildman–Crippen LogP) is 0.968. The van der Waals surface area contributed by atoms with Crippen LogP contribution in [-0.2, 0) is 9.59 Å². The maximum Gasteiger partial charge on any atom is 0.329 e. The minimum atomic E-state index is -0.912. The van der Waals surface area contributed by atoms with Gasteiger partial charge in [-0.25, -0.2) is 5.43 Å². The lowest BCUT2D eigenvalue weighted by atomic mass is 10.2. The number of carbonyl (C=O) groups is 2. The van der Waals surface area contributed by atoms with Crippen LogP contribution >= 0.6 is 0 Å².